The Labute approximate surface area is 167 Å². The quantitative estimate of drug-likeness (QED) is 0.363. The van der Waals surface area contributed by atoms with Crippen LogP contribution in [0.25, 0.3) is 5.57 Å². The van der Waals surface area contributed by atoms with Gasteiger partial charge in [0.25, 0.3) is 5.91 Å². The number of hydrogen-bond donors (Lipinski definition) is 1. The van der Waals surface area contributed by atoms with Crippen LogP contribution >= 0.6 is 11.3 Å². The minimum Gasteiger partial charge on any atom is -0.496 e. The Morgan fingerprint density at radius 1 is 1.04 bits per heavy atom. The Hall–Kier alpha value is -3.38. The van der Waals surface area contributed by atoms with E-state index in [-0.39, 0.29) is 5.91 Å². The maximum Gasteiger partial charge on any atom is 0.336 e. The number of para-hydroxylation sites is 1. The fourth-order valence-electron chi connectivity index (χ4n) is 2.57. The summed E-state index contributed by atoms with van der Waals surface area (Å²) in [4.78, 5) is 24.2. The second-order valence-corrected chi connectivity index (χ2v) is 6.72. The molecule has 28 heavy (non-hydrogen) atoms. The van der Waals surface area contributed by atoms with Crippen LogP contribution in [0.2, 0.25) is 0 Å². The maximum atomic E-state index is 12.2. The van der Waals surface area contributed by atoms with Gasteiger partial charge in [-0.25, -0.2) is 4.79 Å². The first kappa shape index (κ1) is 19.4. The third kappa shape index (κ3) is 4.86. The van der Waals surface area contributed by atoms with E-state index < -0.39 is 5.97 Å². The summed E-state index contributed by atoms with van der Waals surface area (Å²) < 4.78 is 10.7. The summed E-state index contributed by atoms with van der Waals surface area (Å²) in [5, 5.41) is 6.42. The van der Waals surface area contributed by atoms with Gasteiger partial charge in [-0.15, -0.1) is 0 Å². The molecule has 3 rings (SSSR count). The Kier molecular flexibility index (Phi) is 6.24. The highest BCUT2D eigenvalue weighted by atomic mass is 32.1. The first-order chi connectivity index (χ1) is 13.6. The van der Waals surface area contributed by atoms with Crippen LogP contribution in [0.1, 0.15) is 22.8 Å². The molecule has 0 fully saturated rings. The zero-order chi connectivity index (χ0) is 19.9. The highest BCUT2D eigenvalue weighted by Gasteiger charge is 2.09. The second-order valence-electron chi connectivity index (χ2n) is 5.94. The lowest BCUT2D eigenvalue weighted by Crippen LogP contribution is -2.10. The van der Waals surface area contributed by atoms with E-state index in [2.05, 4.69) is 5.32 Å². The summed E-state index contributed by atoms with van der Waals surface area (Å²) >= 11 is 1.46. The molecule has 1 amide bonds. The predicted octanol–water partition coefficient (Wildman–Crippen LogP) is 5.02. The van der Waals surface area contributed by atoms with Gasteiger partial charge in [-0.3, -0.25) is 4.79 Å². The number of benzene rings is 2. The number of carbonyl (C=O) groups is 2. The monoisotopic (exact) mass is 393 g/mol. The normalized spacial score (nSPS) is 11.0. The molecule has 0 aliphatic carbocycles. The Bertz CT molecular complexity index is 992. The number of allylic oxidation sites excluding steroid dienone is 1. The Balaban J connectivity index is 1.63. The summed E-state index contributed by atoms with van der Waals surface area (Å²) in [5.74, 6) is 0.414. The molecule has 1 aromatic heterocycles. The van der Waals surface area contributed by atoms with Gasteiger partial charge in [0.2, 0.25) is 0 Å². The molecule has 0 spiro atoms. The topological polar surface area (TPSA) is 64.6 Å². The van der Waals surface area contributed by atoms with Gasteiger partial charge in [-0.2, -0.15) is 11.3 Å². The summed E-state index contributed by atoms with van der Waals surface area (Å²) in [7, 11) is 1.59. The molecule has 3 aromatic rings. The second kappa shape index (κ2) is 9.01. The zero-order valence-corrected chi connectivity index (χ0v) is 16.3. The molecular weight excluding hydrogens is 374 g/mol. The van der Waals surface area contributed by atoms with Crippen molar-refractivity contribution in [1.29, 1.82) is 0 Å². The van der Waals surface area contributed by atoms with Crippen molar-refractivity contribution < 1.29 is 19.1 Å². The van der Waals surface area contributed by atoms with Crippen LogP contribution in [0, 0.1) is 0 Å². The fraction of sp³-hybridized carbons (Fsp3) is 0.0909. The number of methoxy groups -OCH3 is 1. The third-order valence-electron chi connectivity index (χ3n) is 3.98. The van der Waals surface area contributed by atoms with Crippen LogP contribution in [-0.2, 0) is 4.79 Å². The van der Waals surface area contributed by atoms with Gasteiger partial charge >= 0.3 is 5.97 Å². The average molecular weight is 393 g/mol. The Morgan fingerprint density at radius 2 is 1.79 bits per heavy atom. The molecular formula is C22H19NO4S. The van der Waals surface area contributed by atoms with Gasteiger partial charge in [0.15, 0.2) is 0 Å². The lowest BCUT2D eigenvalue weighted by molar-refractivity contribution is -0.128. The number of rotatable bonds is 6. The SMILES string of the molecule is COc1ccccc1C(C)=CC(=O)Oc1ccc(NC(=O)c2ccsc2)cc1. The summed E-state index contributed by atoms with van der Waals surface area (Å²) in [6, 6.07) is 15.8. The molecule has 0 saturated heterocycles. The Morgan fingerprint density at radius 3 is 2.46 bits per heavy atom. The number of thiophene rings is 1. The number of nitrogens with one attached hydrogen (secondary N) is 1. The van der Waals surface area contributed by atoms with Crippen molar-refractivity contribution in [2.75, 3.05) is 12.4 Å². The number of anilines is 1. The molecule has 0 bridgehead atoms. The molecule has 6 heteroatoms. The molecule has 0 unspecified atom stereocenters. The molecule has 0 aliphatic heterocycles. The van der Waals surface area contributed by atoms with Crippen LogP contribution in [-0.4, -0.2) is 19.0 Å². The molecule has 142 valence electrons. The minimum atomic E-state index is -0.488. The van der Waals surface area contributed by atoms with Crippen LogP contribution in [0.5, 0.6) is 11.5 Å². The van der Waals surface area contributed by atoms with Crippen molar-refractivity contribution in [2.45, 2.75) is 6.92 Å². The zero-order valence-electron chi connectivity index (χ0n) is 15.5. The number of carbonyl (C=O) groups excluding carboxylic acids is 2. The molecule has 0 aliphatic rings. The largest absolute Gasteiger partial charge is 0.496 e. The van der Waals surface area contributed by atoms with Crippen LogP contribution in [0.3, 0.4) is 0 Å². The summed E-state index contributed by atoms with van der Waals surface area (Å²) in [6.07, 6.45) is 1.42. The smallest absolute Gasteiger partial charge is 0.336 e. The summed E-state index contributed by atoms with van der Waals surface area (Å²) in [5.41, 5.74) is 2.80. The van der Waals surface area contributed by atoms with E-state index in [9.17, 15) is 9.59 Å². The summed E-state index contributed by atoms with van der Waals surface area (Å²) in [6.45, 7) is 1.82. The minimum absolute atomic E-state index is 0.179. The van der Waals surface area contributed by atoms with E-state index in [1.165, 1.54) is 17.4 Å². The van der Waals surface area contributed by atoms with Gasteiger partial charge in [0, 0.05) is 22.7 Å². The third-order valence-corrected chi connectivity index (χ3v) is 4.66. The number of esters is 1. The van der Waals surface area contributed by atoms with E-state index in [0.29, 0.717) is 22.7 Å². The van der Waals surface area contributed by atoms with Gasteiger partial charge in [0.05, 0.1) is 12.7 Å². The first-order valence-corrected chi connectivity index (χ1v) is 9.48. The molecule has 1 N–H and O–H groups in total. The molecule has 2 aromatic carbocycles. The van der Waals surface area contributed by atoms with Crippen molar-refractivity contribution in [3.8, 4) is 11.5 Å². The van der Waals surface area contributed by atoms with E-state index in [0.717, 1.165) is 11.1 Å². The van der Waals surface area contributed by atoms with Crippen molar-refractivity contribution in [3.63, 3.8) is 0 Å². The van der Waals surface area contributed by atoms with Crippen molar-refractivity contribution in [2.24, 2.45) is 0 Å². The highest BCUT2D eigenvalue weighted by Crippen LogP contribution is 2.25. The standard InChI is InChI=1S/C22H19NO4S/c1-15(19-5-3-4-6-20(19)26-2)13-21(24)27-18-9-7-17(8-10-18)23-22(25)16-11-12-28-14-16/h3-14H,1-2H3,(H,23,25). The van der Waals surface area contributed by atoms with Crippen LogP contribution < -0.4 is 14.8 Å². The highest BCUT2D eigenvalue weighted by molar-refractivity contribution is 7.08. The fourth-order valence-corrected chi connectivity index (χ4v) is 3.21. The van der Waals surface area contributed by atoms with Crippen molar-refractivity contribution in [1.82, 2.24) is 0 Å². The van der Waals surface area contributed by atoms with Crippen LogP contribution in [0.4, 0.5) is 5.69 Å². The van der Waals surface area contributed by atoms with E-state index >= 15 is 0 Å². The average Bonchev–Trinajstić information content (AvgIpc) is 3.24. The van der Waals surface area contributed by atoms with Gasteiger partial charge in [-0.1, -0.05) is 18.2 Å². The van der Waals surface area contributed by atoms with Gasteiger partial charge in [-0.05, 0) is 54.3 Å². The number of amides is 1. The lowest BCUT2D eigenvalue weighted by atomic mass is 10.1. The lowest BCUT2D eigenvalue weighted by Gasteiger charge is -2.09. The van der Waals surface area contributed by atoms with E-state index in [1.54, 1.807) is 42.8 Å². The van der Waals surface area contributed by atoms with Gasteiger partial charge in [0.1, 0.15) is 11.5 Å². The van der Waals surface area contributed by atoms with E-state index in [4.69, 9.17) is 9.47 Å². The van der Waals surface area contributed by atoms with E-state index in [1.807, 2.05) is 36.6 Å². The van der Waals surface area contributed by atoms with Crippen molar-refractivity contribution in [3.05, 3.63) is 82.6 Å². The molecule has 0 saturated carbocycles. The molecule has 0 atom stereocenters. The first-order valence-electron chi connectivity index (χ1n) is 8.54. The number of hydrogen-bond acceptors (Lipinski definition) is 5. The number of ether oxygens (including phenoxy) is 2. The van der Waals surface area contributed by atoms with Gasteiger partial charge < -0.3 is 14.8 Å². The predicted molar refractivity (Wildman–Crippen MR) is 111 cm³/mol. The van der Waals surface area contributed by atoms with Crippen LogP contribution in [0.15, 0.2) is 71.4 Å². The maximum absolute atomic E-state index is 12.2. The molecule has 1 heterocycles. The molecule has 5 nitrogen and oxygen atoms in total. The molecule has 0 radical (unpaired) electrons. The van der Waals surface area contributed by atoms with Crippen molar-refractivity contribution >= 4 is 34.5 Å².